The van der Waals surface area contributed by atoms with Gasteiger partial charge in [0.25, 0.3) is 5.91 Å². The summed E-state index contributed by atoms with van der Waals surface area (Å²) in [5.41, 5.74) is 7.13. The van der Waals surface area contributed by atoms with Crippen molar-refractivity contribution in [2.24, 2.45) is 0 Å². The topological polar surface area (TPSA) is 93.4 Å². The van der Waals surface area contributed by atoms with E-state index in [1.54, 1.807) is 18.2 Å². The van der Waals surface area contributed by atoms with Gasteiger partial charge >= 0.3 is 0 Å². The summed E-state index contributed by atoms with van der Waals surface area (Å²) < 4.78 is 5.13. The number of hydrogen-bond donors (Lipinski definition) is 2. The van der Waals surface area contributed by atoms with Gasteiger partial charge in [-0.05, 0) is 18.2 Å². The lowest BCUT2D eigenvalue weighted by atomic mass is 10.0. The number of fused-ring (bicyclic) bond motifs is 1. The Bertz CT molecular complexity index is 725. The van der Waals surface area contributed by atoms with Crippen LogP contribution in [0.25, 0.3) is 10.9 Å². The van der Waals surface area contributed by atoms with Crippen LogP contribution < -0.4 is 11.1 Å². The first kappa shape index (κ1) is 13.4. The number of amides is 1. The molecule has 4 rings (SSSR count). The zero-order chi connectivity index (χ0) is 15.1. The standard InChI is InChI=1S/C15H17N5O2/c16-14-12-2-1-9(3-13(12)17-8-18-14)15(21)20-4-10(5-20)19-11-6-22-7-11/h1-3,8,10-11,19H,4-7H2,(H2,16,17,18). The summed E-state index contributed by atoms with van der Waals surface area (Å²) in [4.78, 5) is 22.4. The van der Waals surface area contributed by atoms with E-state index in [1.165, 1.54) is 6.33 Å². The van der Waals surface area contributed by atoms with Crippen molar-refractivity contribution in [3.63, 3.8) is 0 Å². The third-order valence-corrected chi connectivity index (χ3v) is 4.19. The molecule has 0 unspecified atom stereocenters. The number of nitrogens with zero attached hydrogens (tertiary/aromatic N) is 3. The van der Waals surface area contributed by atoms with E-state index in [4.69, 9.17) is 10.5 Å². The zero-order valence-corrected chi connectivity index (χ0v) is 12.0. The van der Waals surface area contributed by atoms with Crippen molar-refractivity contribution in [2.45, 2.75) is 12.1 Å². The molecule has 2 aromatic rings. The first-order valence-electron chi connectivity index (χ1n) is 7.34. The summed E-state index contributed by atoms with van der Waals surface area (Å²) in [6.45, 7) is 3.02. The van der Waals surface area contributed by atoms with Gasteiger partial charge in [-0.15, -0.1) is 0 Å². The third kappa shape index (κ3) is 2.28. The predicted octanol–water partition coefficient (Wildman–Crippen LogP) is 0.0248. The van der Waals surface area contributed by atoms with Crippen molar-refractivity contribution in [3.8, 4) is 0 Å². The lowest BCUT2D eigenvalue weighted by Crippen LogP contribution is -2.64. The highest BCUT2D eigenvalue weighted by atomic mass is 16.5. The maximum atomic E-state index is 12.5. The first-order valence-corrected chi connectivity index (χ1v) is 7.34. The van der Waals surface area contributed by atoms with E-state index in [1.807, 2.05) is 4.90 Å². The lowest BCUT2D eigenvalue weighted by molar-refractivity contribution is -0.0209. The fourth-order valence-electron chi connectivity index (χ4n) is 2.81. The lowest BCUT2D eigenvalue weighted by Gasteiger charge is -2.43. The molecule has 0 bridgehead atoms. The van der Waals surface area contributed by atoms with E-state index in [2.05, 4.69) is 15.3 Å². The molecule has 2 aliphatic rings. The Labute approximate surface area is 127 Å². The average molecular weight is 299 g/mol. The highest BCUT2D eigenvalue weighted by Gasteiger charge is 2.34. The van der Waals surface area contributed by atoms with Crippen LogP contribution in [-0.4, -0.2) is 59.2 Å². The zero-order valence-electron chi connectivity index (χ0n) is 12.0. The number of likely N-dealkylation sites (tertiary alicyclic amines) is 1. The minimum absolute atomic E-state index is 0.0296. The van der Waals surface area contributed by atoms with Gasteiger partial charge in [-0.3, -0.25) is 4.79 Å². The Hall–Kier alpha value is -2.25. The number of carbonyl (C=O) groups is 1. The van der Waals surface area contributed by atoms with E-state index < -0.39 is 0 Å². The Morgan fingerprint density at radius 2 is 2.09 bits per heavy atom. The number of hydrogen-bond acceptors (Lipinski definition) is 6. The van der Waals surface area contributed by atoms with Gasteiger partial charge in [0.2, 0.25) is 0 Å². The number of nitrogen functional groups attached to an aromatic ring is 1. The smallest absolute Gasteiger partial charge is 0.254 e. The normalized spacial score (nSPS) is 19.0. The van der Waals surface area contributed by atoms with Gasteiger partial charge < -0.3 is 20.7 Å². The van der Waals surface area contributed by atoms with Gasteiger partial charge in [0.05, 0.1) is 24.8 Å². The molecule has 0 atom stereocenters. The molecule has 3 heterocycles. The second kappa shape index (κ2) is 5.19. The van der Waals surface area contributed by atoms with Gasteiger partial charge in [0.1, 0.15) is 12.1 Å². The fraction of sp³-hybridized carbons (Fsp3) is 0.400. The summed E-state index contributed by atoms with van der Waals surface area (Å²) in [5, 5.41) is 4.24. The monoisotopic (exact) mass is 299 g/mol. The van der Waals surface area contributed by atoms with Gasteiger partial charge in [-0.2, -0.15) is 0 Å². The number of aromatic nitrogens is 2. The maximum absolute atomic E-state index is 12.5. The highest BCUT2D eigenvalue weighted by molar-refractivity contribution is 5.99. The molecule has 0 radical (unpaired) electrons. The Morgan fingerprint density at radius 3 is 2.82 bits per heavy atom. The summed E-state index contributed by atoms with van der Waals surface area (Å²) in [7, 11) is 0. The van der Waals surface area contributed by atoms with Crippen molar-refractivity contribution in [3.05, 3.63) is 30.1 Å². The van der Waals surface area contributed by atoms with Gasteiger partial charge in [-0.25, -0.2) is 9.97 Å². The van der Waals surface area contributed by atoms with Crippen molar-refractivity contribution in [1.82, 2.24) is 20.2 Å². The molecule has 0 saturated carbocycles. The Balaban J connectivity index is 1.44. The predicted molar refractivity (Wildman–Crippen MR) is 81.4 cm³/mol. The molecule has 1 amide bonds. The van der Waals surface area contributed by atoms with Crippen LogP contribution in [0.3, 0.4) is 0 Å². The Kier molecular flexibility index (Phi) is 3.16. The molecule has 2 fully saturated rings. The van der Waals surface area contributed by atoms with E-state index in [0.29, 0.717) is 29.0 Å². The van der Waals surface area contributed by atoms with E-state index in [9.17, 15) is 4.79 Å². The van der Waals surface area contributed by atoms with Gasteiger partial charge in [-0.1, -0.05) is 0 Å². The largest absolute Gasteiger partial charge is 0.383 e. The number of anilines is 1. The fourth-order valence-corrected chi connectivity index (χ4v) is 2.81. The van der Waals surface area contributed by atoms with Crippen LogP contribution in [0.2, 0.25) is 0 Å². The maximum Gasteiger partial charge on any atom is 0.254 e. The Morgan fingerprint density at radius 1 is 1.27 bits per heavy atom. The van der Waals surface area contributed by atoms with Gasteiger partial charge in [0.15, 0.2) is 0 Å². The summed E-state index contributed by atoms with van der Waals surface area (Å²) >= 11 is 0. The molecule has 22 heavy (non-hydrogen) atoms. The van der Waals surface area contributed by atoms with Crippen LogP contribution in [0.1, 0.15) is 10.4 Å². The third-order valence-electron chi connectivity index (χ3n) is 4.19. The minimum atomic E-state index is 0.0296. The minimum Gasteiger partial charge on any atom is -0.383 e. The summed E-state index contributed by atoms with van der Waals surface area (Å²) in [6.07, 6.45) is 1.41. The molecule has 7 heteroatoms. The molecule has 0 aliphatic carbocycles. The summed E-state index contributed by atoms with van der Waals surface area (Å²) in [5.74, 6) is 0.460. The first-order chi connectivity index (χ1) is 10.7. The number of nitrogens with one attached hydrogen (secondary N) is 1. The molecule has 1 aromatic heterocycles. The molecular formula is C15H17N5O2. The quantitative estimate of drug-likeness (QED) is 0.830. The average Bonchev–Trinajstić information content (AvgIpc) is 2.43. The molecule has 0 spiro atoms. The molecule has 2 aliphatic heterocycles. The van der Waals surface area contributed by atoms with Gasteiger partial charge in [0, 0.05) is 30.1 Å². The van der Waals surface area contributed by atoms with E-state index in [0.717, 1.165) is 31.7 Å². The molecule has 2 saturated heterocycles. The number of ether oxygens (including phenoxy) is 1. The number of nitrogens with two attached hydrogens (primary N) is 1. The molecule has 7 nitrogen and oxygen atoms in total. The van der Waals surface area contributed by atoms with Crippen molar-refractivity contribution >= 4 is 22.6 Å². The van der Waals surface area contributed by atoms with Crippen LogP contribution in [0.5, 0.6) is 0 Å². The molecule has 1 aromatic carbocycles. The number of carbonyl (C=O) groups excluding carboxylic acids is 1. The van der Waals surface area contributed by atoms with E-state index in [-0.39, 0.29) is 5.91 Å². The van der Waals surface area contributed by atoms with Crippen molar-refractivity contribution < 1.29 is 9.53 Å². The van der Waals surface area contributed by atoms with Crippen LogP contribution in [0.4, 0.5) is 5.82 Å². The number of rotatable bonds is 3. The van der Waals surface area contributed by atoms with E-state index >= 15 is 0 Å². The number of benzene rings is 1. The second-order valence-corrected chi connectivity index (χ2v) is 5.80. The van der Waals surface area contributed by atoms with Crippen LogP contribution in [0.15, 0.2) is 24.5 Å². The van der Waals surface area contributed by atoms with Crippen LogP contribution in [-0.2, 0) is 4.74 Å². The van der Waals surface area contributed by atoms with Crippen molar-refractivity contribution in [1.29, 1.82) is 0 Å². The molecule has 114 valence electrons. The summed E-state index contributed by atoms with van der Waals surface area (Å²) in [6, 6.07) is 6.18. The highest BCUT2D eigenvalue weighted by Crippen LogP contribution is 2.21. The molecular weight excluding hydrogens is 282 g/mol. The molecule has 3 N–H and O–H groups in total. The SMILES string of the molecule is Nc1ncnc2cc(C(=O)N3CC(NC4COC4)C3)ccc12. The van der Waals surface area contributed by atoms with Crippen LogP contribution in [0, 0.1) is 0 Å². The van der Waals surface area contributed by atoms with Crippen LogP contribution >= 0.6 is 0 Å². The van der Waals surface area contributed by atoms with Crippen molar-refractivity contribution in [2.75, 3.05) is 32.0 Å². The second-order valence-electron chi connectivity index (χ2n) is 5.80.